The molecule has 0 fully saturated rings. The number of carbonyl (C=O) groups is 2. The molecule has 0 aliphatic heterocycles. The summed E-state index contributed by atoms with van der Waals surface area (Å²) in [5.74, 6) is -0.474. The van der Waals surface area contributed by atoms with E-state index in [1.807, 2.05) is 0 Å². The molecule has 0 atom stereocenters. The van der Waals surface area contributed by atoms with Crippen molar-refractivity contribution in [2.75, 3.05) is 13.7 Å². The number of nitrogens with zero attached hydrogens (tertiary/aromatic N) is 1. The lowest BCUT2D eigenvalue weighted by atomic mass is 10.1. The fourth-order valence-electron chi connectivity index (χ4n) is 1.93. The van der Waals surface area contributed by atoms with Gasteiger partial charge in [0.15, 0.2) is 17.2 Å². The van der Waals surface area contributed by atoms with Gasteiger partial charge in [-0.2, -0.15) is 5.10 Å². The first kappa shape index (κ1) is 14.3. The Morgan fingerprint density at radius 3 is 2.70 bits per heavy atom. The van der Waals surface area contributed by atoms with Crippen LogP contribution in [0.1, 0.15) is 34.7 Å². The fourth-order valence-corrected chi connectivity index (χ4v) is 2.23. The molecule has 1 aromatic carbocycles. The van der Waals surface area contributed by atoms with Crippen molar-refractivity contribution in [1.82, 2.24) is 10.2 Å². The van der Waals surface area contributed by atoms with Crippen LogP contribution in [0.2, 0.25) is 5.02 Å². The molecule has 0 radical (unpaired) electrons. The molecule has 0 saturated heterocycles. The van der Waals surface area contributed by atoms with E-state index in [-0.39, 0.29) is 16.5 Å². The van der Waals surface area contributed by atoms with Crippen molar-refractivity contribution >= 4 is 34.3 Å². The lowest BCUT2D eigenvalue weighted by Crippen LogP contribution is -2.04. The summed E-state index contributed by atoms with van der Waals surface area (Å²) >= 11 is 6.15. The Morgan fingerprint density at radius 2 is 2.15 bits per heavy atom. The second kappa shape index (κ2) is 5.50. The number of ketones is 1. The van der Waals surface area contributed by atoms with E-state index in [2.05, 4.69) is 14.9 Å². The van der Waals surface area contributed by atoms with Gasteiger partial charge in [0.25, 0.3) is 0 Å². The summed E-state index contributed by atoms with van der Waals surface area (Å²) < 4.78 is 10.1. The van der Waals surface area contributed by atoms with Crippen LogP contribution in [-0.4, -0.2) is 35.7 Å². The van der Waals surface area contributed by atoms with Crippen molar-refractivity contribution in [3.05, 3.63) is 22.3 Å². The van der Waals surface area contributed by atoms with Gasteiger partial charge in [-0.3, -0.25) is 9.89 Å². The van der Waals surface area contributed by atoms with Gasteiger partial charge in [0, 0.05) is 0 Å². The molecule has 0 bridgehead atoms. The number of fused-ring (bicyclic) bond motifs is 1. The number of H-pyrrole nitrogens is 1. The Kier molecular flexibility index (Phi) is 3.94. The van der Waals surface area contributed by atoms with Gasteiger partial charge in [0.2, 0.25) is 0 Å². The molecule has 7 heteroatoms. The summed E-state index contributed by atoms with van der Waals surface area (Å²) in [6.45, 7) is 3.56. The number of rotatable bonds is 4. The van der Waals surface area contributed by atoms with E-state index < -0.39 is 5.97 Å². The zero-order valence-corrected chi connectivity index (χ0v) is 12.0. The normalized spacial score (nSPS) is 10.6. The number of aromatic amines is 1. The van der Waals surface area contributed by atoms with E-state index in [4.69, 9.17) is 16.3 Å². The van der Waals surface area contributed by atoms with Gasteiger partial charge in [-0.1, -0.05) is 11.6 Å². The zero-order valence-electron chi connectivity index (χ0n) is 11.2. The van der Waals surface area contributed by atoms with Crippen LogP contribution in [0, 0.1) is 0 Å². The summed E-state index contributed by atoms with van der Waals surface area (Å²) in [7, 11) is 1.26. The molecule has 0 aliphatic rings. The highest BCUT2D eigenvalue weighted by atomic mass is 35.5. The highest BCUT2D eigenvalue weighted by molar-refractivity contribution is 6.37. The van der Waals surface area contributed by atoms with Crippen LogP contribution in [0.5, 0.6) is 5.75 Å². The van der Waals surface area contributed by atoms with Crippen molar-refractivity contribution in [1.29, 1.82) is 0 Å². The molecule has 0 amide bonds. The predicted molar refractivity (Wildman–Crippen MR) is 73.6 cm³/mol. The molecular formula is C13H13ClN2O4. The number of nitrogens with one attached hydrogen (secondary N) is 1. The number of benzene rings is 1. The van der Waals surface area contributed by atoms with Gasteiger partial charge in [-0.05, 0) is 19.9 Å². The highest BCUT2D eigenvalue weighted by Gasteiger charge is 2.23. The Hall–Kier alpha value is -2.08. The molecule has 0 aliphatic carbocycles. The average Bonchev–Trinajstić information content (AvgIpc) is 2.86. The maximum Gasteiger partial charge on any atom is 0.356 e. The molecule has 6 nitrogen and oxygen atoms in total. The van der Waals surface area contributed by atoms with Crippen LogP contribution in [0.4, 0.5) is 0 Å². The maximum atomic E-state index is 11.7. The SMILES string of the molecule is CCOc1c(C(C)=O)cc(Cl)c2c(C(=O)OC)[nH]nc12. The number of Topliss-reactive ketones (excluding diaryl/α,β-unsaturated/α-hetero) is 1. The van der Waals surface area contributed by atoms with Crippen molar-refractivity contribution in [2.45, 2.75) is 13.8 Å². The largest absolute Gasteiger partial charge is 0.491 e. The number of hydrogen-bond acceptors (Lipinski definition) is 5. The number of aromatic nitrogens is 2. The van der Waals surface area contributed by atoms with Crippen LogP contribution >= 0.6 is 11.6 Å². The second-order valence-electron chi connectivity index (χ2n) is 4.04. The smallest absolute Gasteiger partial charge is 0.356 e. The van der Waals surface area contributed by atoms with Crippen molar-refractivity contribution in [3.63, 3.8) is 0 Å². The fraction of sp³-hybridized carbons (Fsp3) is 0.308. The monoisotopic (exact) mass is 296 g/mol. The predicted octanol–water partition coefficient (Wildman–Crippen LogP) is 2.60. The Morgan fingerprint density at radius 1 is 1.45 bits per heavy atom. The third kappa shape index (κ3) is 2.22. The molecule has 0 unspecified atom stereocenters. The number of methoxy groups -OCH3 is 1. The van der Waals surface area contributed by atoms with E-state index in [0.717, 1.165) is 0 Å². The first-order chi connectivity index (χ1) is 9.51. The zero-order chi connectivity index (χ0) is 14.9. The van der Waals surface area contributed by atoms with Crippen LogP contribution in [0.3, 0.4) is 0 Å². The Balaban J connectivity index is 2.81. The number of ether oxygens (including phenoxy) is 2. The Labute approximate surface area is 120 Å². The molecule has 1 aromatic heterocycles. The van der Waals surface area contributed by atoms with Crippen LogP contribution in [0.15, 0.2) is 6.07 Å². The van der Waals surface area contributed by atoms with Gasteiger partial charge in [-0.25, -0.2) is 4.79 Å². The number of hydrogen-bond donors (Lipinski definition) is 1. The number of carbonyl (C=O) groups excluding carboxylic acids is 2. The summed E-state index contributed by atoms with van der Waals surface area (Å²) in [6, 6.07) is 1.47. The molecular weight excluding hydrogens is 284 g/mol. The molecule has 1 heterocycles. The topological polar surface area (TPSA) is 81.3 Å². The van der Waals surface area contributed by atoms with E-state index in [1.54, 1.807) is 6.92 Å². The minimum Gasteiger partial charge on any atom is -0.491 e. The standard InChI is InChI=1S/C13H13ClN2O4/c1-4-20-12-7(6(2)17)5-8(14)9-10(12)15-16-11(9)13(18)19-3/h5H,4H2,1-3H3,(H,15,16). The molecule has 0 saturated carbocycles. The van der Waals surface area contributed by atoms with Crippen molar-refractivity contribution in [2.24, 2.45) is 0 Å². The summed E-state index contributed by atoms with van der Waals surface area (Å²) in [6.07, 6.45) is 0. The molecule has 0 spiro atoms. The van der Waals surface area contributed by atoms with Gasteiger partial charge in [-0.15, -0.1) is 0 Å². The van der Waals surface area contributed by atoms with Gasteiger partial charge in [0.1, 0.15) is 5.52 Å². The quantitative estimate of drug-likeness (QED) is 0.693. The summed E-state index contributed by atoms with van der Waals surface area (Å²) in [5.41, 5.74) is 0.792. The van der Waals surface area contributed by atoms with Crippen LogP contribution in [-0.2, 0) is 4.74 Å². The third-order valence-electron chi connectivity index (χ3n) is 2.79. The number of esters is 1. The molecule has 106 valence electrons. The minimum absolute atomic E-state index is 0.128. The third-order valence-corrected chi connectivity index (χ3v) is 3.09. The lowest BCUT2D eigenvalue weighted by molar-refractivity contribution is 0.0596. The maximum absolute atomic E-state index is 11.7. The van der Waals surface area contributed by atoms with Crippen LogP contribution < -0.4 is 4.74 Å². The Bertz CT molecular complexity index is 693. The van der Waals surface area contributed by atoms with E-state index in [0.29, 0.717) is 28.8 Å². The van der Waals surface area contributed by atoms with Gasteiger partial charge in [0.05, 0.1) is 29.7 Å². The van der Waals surface area contributed by atoms with Crippen molar-refractivity contribution < 1.29 is 19.1 Å². The summed E-state index contributed by atoms with van der Waals surface area (Å²) in [4.78, 5) is 23.3. The number of halogens is 1. The van der Waals surface area contributed by atoms with Gasteiger partial charge < -0.3 is 9.47 Å². The highest BCUT2D eigenvalue weighted by Crippen LogP contribution is 2.36. The second-order valence-corrected chi connectivity index (χ2v) is 4.45. The van der Waals surface area contributed by atoms with Gasteiger partial charge >= 0.3 is 5.97 Å². The van der Waals surface area contributed by atoms with Crippen LogP contribution in [0.25, 0.3) is 10.9 Å². The lowest BCUT2D eigenvalue weighted by Gasteiger charge is -2.09. The van der Waals surface area contributed by atoms with Crippen molar-refractivity contribution in [3.8, 4) is 5.75 Å². The first-order valence-corrected chi connectivity index (χ1v) is 6.31. The summed E-state index contributed by atoms with van der Waals surface area (Å²) in [5, 5.41) is 7.21. The molecule has 2 rings (SSSR count). The van der Waals surface area contributed by atoms with E-state index in [9.17, 15) is 9.59 Å². The first-order valence-electron chi connectivity index (χ1n) is 5.93. The average molecular weight is 297 g/mol. The minimum atomic E-state index is -0.590. The van der Waals surface area contributed by atoms with E-state index in [1.165, 1.54) is 20.1 Å². The molecule has 20 heavy (non-hydrogen) atoms. The molecule has 2 aromatic rings. The molecule has 1 N–H and O–H groups in total. The van der Waals surface area contributed by atoms with E-state index >= 15 is 0 Å².